The maximum atomic E-state index is 13.2. The van der Waals surface area contributed by atoms with Gasteiger partial charge in [-0.1, -0.05) is 35.9 Å². The van der Waals surface area contributed by atoms with Gasteiger partial charge in [0, 0.05) is 31.2 Å². The summed E-state index contributed by atoms with van der Waals surface area (Å²) in [5.74, 6) is 0.00265. The van der Waals surface area contributed by atoms with Crippen LogP contribution in [-0.4, -0.2) is 15.5 Å². The van der Waals surface area contributed by atoms with Crippen molar-refractivity contribution in [3.8, 4) is 0 Å². The lowest BCUT2D eigenvalue weighted by Gasteiger charge is -2.17. The van der Waals surface area contributed by atoms with Crippen LogP contribution in [-0.2, 0) is 25.9 Å². The first kappa shape index (κ1) is 18.5. The molecule has 2 aromatic heterocycles. The van der Waals surface area contributed by atoms with Gasteiger partial charge in [-0.15, -0.1) is 0 Å². The van der Waals surface area contributed by atoms with Crippen molar-refractivity contribution in [2.45, 2.75) is 52.6 Å². The summed E-state index contributed by atoms with van der Waals surface area (Å²) in [4.78, 5) is 17.3. The molecular weight excluding hydrogens is 346 g/mol. The number of pyridine rings is 1. The molecule has 0 saturated heterocycles. The van der Waals surface area contributed by atoms with Crippen molar-refractivity contribution in [2.24, 2.45) is 0 Å². The second kappa shape index (κ2) is 8.01. The standard InChI is InChI=1S/C24H27N3O/c1-17-9-11-19(12-10-17)16-27-22-8-4-3-7-21(22)18(2)23(27)24(28)26-15-20-6-5-13-25-14-20/h5-6,9-14H,3-4,7-8,15-16H2,1-2H3,(H,26,28). The van der Waals surface area contributed by atoms with E-state index in [1.807, 2.05) is 12.1 Å². The van der Waals surface area contributed by atoms with Crippen LogP contribution in [0.3, 0.4) is 0 Å². The third kappa shape index (κ3) is 3.72. The average molecular weight is 374 g/mol. The molecule has 1 amide bonds. The van der Waals surface area contributed by atoms with E-state index in [1.54, 1.807) is 12.4 Å². The highest BCUT2D eigenvalue weighted by Crippen LogP contribution is 2.30. The van der Waals surface area contributed by atoms with E-state index >= 15 is 0 Å². The molecular formula is C24H27N3O. The summed E-state index contributed by atoms with van der Waals surface area (Å²) in [7, 11) is 0. The SMILES string of the molecule is Cc1ccc(Cn2c3c(c(C)c2C(=O)NCc2cccnc2)CCCC3)cc1. The summed E-state index contributed by atoms with van der Waals surface area (Å²) in [5.41, 5.74) is 8.18. The highest BCUT2D eigenvalue weighted by molar-refractivity contribution is 5.95. The number of carbonyl (C=O) groups is 1. The van der Waals surface area contributed by atoms with Crippen LogP contribution in [0.1, 0.15) is 56.8 Å². The van der Waals surface area contributed by atoms with Crippen LogP contribution in [0.4, 0.5) is 0 Å². The van der Waals surface area contributed by atoms with Gasteiger partial charge in [0.2, 0.25) is 0 Å². The number of aryl methyl sites for hydroxylation is 1. The zero-order valence-corrected chi connectivity index (χ0v) is 16.7. The van der Waals surface area contributed by atoms with Gasteiger partial charge in [-0.25, -0.2) is 0 Å². The average Bonchev–Trinajstić information content (AvgIpc) is 3.01. The van der Waals surface area contributed by atoms with Gasteiger partial charge in [-0.3, -0.25) is 9.78 Å². The summed E-state index contributed by atoms with van der Waals surface area (Å²) >= 11 is 0. The van der Waals surface area contributed by atoms with Gasteiger partial charge in [0.1, 0.15) is 5.69 Å². The third-order valence-electron chi connectivity index (χ3n) is 5.69. The largest absolute Gasteiger partial charge is 0.347 e. The number of benzene rings is 1. The Morgan fingerprint density at radius 2 is 1.86 bits per heavy atom. The molecule has 4 heteroatoms. The summed E-state index contributed by atoms with van der Waals surface area (Å²) in [6.45, 7) is 5.44. The second-order valence-corrected chi connectivity index (χ2v) is 7.72. The fourth-order valence-corrected chi connectivity index (χ4v) is 4.18. The maximum Gasteiger partial charge on any atom is 0.268 e. The Morgan fingerprint density at radius 1 is 1.07 bits per heavy atom. The van der Waals surface area contributed by atoms with Crippen LogP contribution in [0.2, 0.25) is 0 Å². The van der Waals surface area contributed by atoms with Crippen LogP contribution in [0.25, 0.3) is 0 Å². The minimum absolute atomic E-state index is 0.00265. The Kier molecular flexibility index (Phi) is 5.29. The van der Waals surface area contributed by atoms with Crippen molar-refractivity contribution >= 4 is 5.91 Å². The fourth-order valence-electron chi connectivity index (χ4n) is 4.18. The molecule has 1 aliphatic rings. The zero-order valence-electron chi connectivity index (χ0n) is 16.7. The molecule has 144 valence electrons. The smallest absolute Gasteiger partial charge is 0.268 e. The summed E-state index contributed by atoms with van der Waals surface area (Å²) < 4.78 is 2.26. The fraction of sp³-hybridized carbons (Fsp3) is 0.333. The Hall–Kier alpha value is -2.88. The Balaban J connectivity index is 1.65. The molecule has 0 fully saturated rings. The molecule has 0 spiro atoms. The van der Waals surface area contributed by atoms with E-state index in [9.17, 15) is 4.79 Å². The maximum absolute atomic E-state index is 13.2. The number of hydrogen-bond acceptors (Lipinski definition) is 2. The van der Waals surface area contributed by atoms with Crippen LogP contribution >= 0.6 is 0 Å². The number of nitrogens with one attached hydrogen (secondary N) is 1. The molecule has 0 unspecified atom stereocenters. The topological polar surface area (TPSA) is 46.9 Å². The van der Waals surface area contributed by atoms with E-state index in [1.165, 1.54) is 35.2 Å². The first-order valence-electron chi connectivity index (χ1n) is 10.1. The first-order valence-corrected chi connectivity index (χ1v) is 10.1. The first-order chi connectivity index (χ1) is 13.6. The van der Waals surface area contributed by atoms with Gasteiger partial charge < -0.3 is 9.88 Å². The van der Waals surface area contributed by atoms with Crippen LogP contribution in [0.5, 0.6) is 0 Å². The summed E-state index contributed by atoms with van der Waals surface area (Å²) in [6, 6.07) is 12.5. The normalized spacial score (nSPS) is 13.2. The van der Waals surface area contributed by atoms with Gasteiger partial charge in [0.15, 0.2) is 0 Å². The van der Waals surface area contributed by atoms with Crippen molar-refractivity contribution in [1.82, 2.24) is 14.9 Å². The predicted octanol–water partition coefficient (Wildman–Crippen LogP) is 4.36. The quantitative estimate of drug-likeness (QED) is 0.722. The van der Waals surface area contributed by atoms with E-state index in [2.05, 4.69) is 53.0 Å². The number of carbonyl (C=O) groups excluding carboxylic acids is 1. The lowest BCUT2D eigenvalue weighted by molar-refractivity contribution is 0.0941. The van der Waals surface area contributed by atoms with E-state index < -0.39 is 0 Å². The van der Waals surface area contributed by atoms with Crippen molar-refractivity contribution in [1.29, 1.82) is 0 Å². The van der Waals surface area contributed by atoms with Crippen LogP contribution in [0, 0.1) is 13.8 Å². The van der Waals surface area contributed by atoms with Gasteiger partial charge >= 0.3 is 0 Å². The molecule has 0 aliphatic heterocycles. The molecule has 0 bridgehead atoms. The van der Waals surface area contributed by atoms with Crippen LogP contribution < -0.4 is 5.32 Å². The molecule has 1 aliphatic carbocycles. The highest BCUT2D eigenvalue weighted by Gasteiger charge is 2.26. The molecule has 28 heavy (non-hydrogen) atoms. The molecule has 2 heterocycles. The lowest BCUT2D eigenvalue weighted by Crippen LogP contribution is -2.27. The Labute approximate surface area is 166 Å². The van der Waals surface area contributed by atoms with Gasteiger partial charge in [0.25, 0.3) is 5.91 Å². The molecule has 0 saturated carbocycles. The molecule has 4 nitrogen and oxygen atoms in total. The number of fused-ring (bicyclic) bond motifs is 1. The minimum atomic E-state index is 0.00265. The Morgan fingerprint density at radius 3 is 2.61 bits per heavy atom. The molecule has 0 atom stereocenters. The van der Waals surface area contributed by atoms with E-state index in [0.717, 1.165) is 36.2 Å². The van der Waals surface area contributed by atoms with Crippen molar-refractivity contribution < 1.29 is 4.79 Å². The van der Waals surface area contributed by atoms with Gasteiger partial charge in [-0.05, 0) is 67.9 Å². The summed E-state index contributed by atoms with van der Waals surface area (Å²) in [6.07, 6.45) is 8.07. The number of aromatic nitrogens is 2. The van der Waals surface area contributed by atoms with Crippen LogP contribution in [0.15, 0.2) is 48.8 Å². The molecule has 4 rings (SSSR count). The number of rotatable bonds is 5. The van der Waals surface area contributed by atoms with E-state index in [-0.39, 0.29) is 5.91 Å². The molecule has 0 radical (unpaired) electrons. The predicted molar refractivity (Wildman–Crippen MR) is 111 cm³/mol. The molecule has 1 N–H and O–H groups in total. The van der Waals surface area contributed by atoms with E-state index in [4.69, 9.17) is 0 Å². The monoisotopic (exact) mass is 373 g/mol. The zero-order chi connectivity index (χ0) is 19.5. The van der Waals surface area contributed by atoms with Gasteiger partial charge in [-0.2, -0.15) is 0 Å². The minimum Gasteiger partial charge on any atom is -0.347 e. The van der Waals surface area contributed by atoms with Crippen molar-refractivity contribution in [3.05, 3.63) is 88.0 Å². The molecule has 3 aromatic rings. The number of nitrogens with zero attached hydrogens (tertiary/aromatic N) is 2. The molecule has 1 aromatic carbocycles. The Bertz CT molecular complexity index is 971. The summed E-state index contributed by atoms with van der Waals surface area (Å²) in [5, 5.41) is 3.10. The highest BCUT2D eigenvalue weighted by atomic mass is 16.1. The lowest BCUT2D eigenvalue weighted by atomic mass is 9.95. The van der Waals surface area contributed by atoms with Crippen molar-refractivity contribution in [3.63, 3.8) is 0 Å². The second-order valence-electron chi connectivity index (χ2n) is 7.72. The number of hydrogen-bond donors (Lipinski definition) is 1. The van der Waals surface area contributed by atoms with Crippen molar-refractivity contribution in [2.75, 3.05) is 0 Å². The van der Waals surface area contributed by atoms with E-state index in [0.29, 0.717) is 6.54 Å². The van der Waals surface area contributed by atoms with Gasteiger partial charge in [0.05, 0.1) is 0 Å². The third-order valence-corrected chi connectivity index (χ3v) is 5.69. The number of amides is 1.